The summed E-state index contributed by atoms with van der Waals surface area (Å²) in [5.74, 6) is 1.95. The molecule has 0 aliphatic heterocycles. The Morgan fingerprint density at radius 1 is 0.378 bits per heavy atom. The van der Waals surface area contributed by atoms with Crippen LogP contribution in [0.2, 0.25) is 0 Å². The monoisotopic (exact) mass is 580 g/mol. The molecule has 0 aromatic rings. The zero-order valence-electron chi connectivity index (χ0n) is 25.4. The van der Waals surface area contributed by atoms with Crippen LogP contribution in [0, 0.1) is 0 Å². The molecule has 0 spiro atoms. The summed E-state index contributed by atoms with van der Waals surface area (Å²) in [6.45, 7) is 4.57. The van der Waals surface area contributed by atoms with Gasteiger partial charge in [-0.25, -0.2) is 0 Å². The van der Waals surface area contributed by atoms with Crippen molar-refractivity contribution in [1.82, 2.24) is 0 Å². The Bertz CT molecular complexity index is 465. The molecule has 2 nitrogen and oxygen atoms in total. The van der Waals surface area contributed by atoms with E-state index in [1.807, 2.05) is 0 Å². The summed E-state index contributed by atoms with van der Waals surface area (Å²) in [7, 11) is -0.288. The minimum absolute atomic E-state index is 0.288. The molecule has 0 aromatic carbocycles. The molecule has 0 rings (SSSR count). The SMILES string of the molecule is CCCCCCCCCCCCCCCCS(CCCCCCCCCCCCCCCC)=P(O)(O)S. The van der Waals surface area contributed by atoms with Crippen LogP contribution in [-0.4, -0.2) is 21.3 Å². The number of rotatable bonds is 30. The van der Waals surface area contributed by atoms with E-state index in [1.165, 1.54) is 167 Å². The van der Waals surface area contributed by atoms with Gasteiger partial charge in [0.2, 0.25) is 0 Å². The molecule has 37 heavy (non-hydrogen) atoms. The van der Waals surface area contributed by atoms with E-state index in [2.05, 4.69) is 26.1 Å². The van der Waals surface area contributed by atoms with Crippen LogP contribution in [0.25, 0.3) is 0 Å². The predicted octanol–water partition coefficient (Wildman–Crippen LogP) is 12.2. The Morgan fingerprint density at radius 3 is 0.757 bits per heavy atom. The van der Waals surface area contributed by atoms with Crippen molar-refractivity contribution in [3.8, 4) is 0 Å². The minimum Gasteiger partial charge on any atom is -0.341 e. The van der Waals surface area contributed by atoms with Gasteiger partial charge in [-0.05, 0) is 24.3 Å². The van der Waals surface area contributed by atoms with Crippen LogP contribution in [0.3, 0.4) is 0 Å². The molecular weight excluding hydrogens is 511 g/mol. The second-order valence-corrected chi connectivity index (χ2v) is 19.9. The number of unbranched alkanes of at least 4 members (excludes halogenated alkanes) is 26. The molecule has 0 fully saturated rings. The second-order valence-electron chi connectivity index (χ2n) is 11.6. The van der Waals surface area contributed by atoms with E-state index < -0.39 is 5.69 Å². The summed E-state index contributed by atoms with van der Waals surface area (Å²) in [5.41, 5.74) is -2.98. The molecule has 0 atom stereocenters. The smallest absolute Gasteiger partial charge is 0.198 e. The van der Waals surface area contributed by atoms with E-state index in [4.69, 9.17) is 0 Å². The maximum Gasteiger partial charge on any atom is 0.198 e. The first kappa shape index (κ1) is 38.0. The minimum atomic E-state index is -2.98. The lowest BCUT2D eigenvalue weighted by molar-refractivity contribution is 0.502. The molecule has 2 N–H and O–H groups in total. The molecule has 0 amide bonds. The Balaban J connectivity index is 3.56. The van der Waals surface area contributed by atoms with Gasteiger partial charge in [0.05, 0.1) is 0 Å². The summed E-state index contributed by atoms with van der Waals surface area (Å²) >= 11 is 4.23. The highest BCUT2D eigenvalue weighted by Gasteiger charge is 2.11. The average Bonchev–Trinajstić information content (AvgIpc) is 2.87. The summed E-state index contributed by atoms with van der Waals surface area (Å²) in [6.07, 6.45) is 38.3. The molecule has 5 heteroatoms. The molecule has 0 saturated carbocycles. The normalized spacial score (nSPS) is 12.2. The van der Waals surface area contributed by atoms with Gasteiger partial charge >= 0.3 is 0 Å². The van der Waals surface area contributed by atoms with E-state index >= 15 is 0 Å². The molecule has 0 aromatic heterocycles. The van der Waals surface area contributed by atoms with Crippen LogP contribution in [0.1, 0.15) is 194 Å². The Kier molecular flexibility index (Phi) is 30.9. The van der Waals surface area contributed by atoms with Crippen molar-refractivity contribution < 1.29 is 9.79 Å². The summed E-state index contributed by atoms with van der Waals surface area (Å²) < 4.78 is 0. The highest BCUT2D eigenvalue weighted by molar-refractivity contribution is 8.65. The van der Waals surface area contributed by atoms with Gasteiger partial charge in [-0.2, -0.15) is 0 Å². The largest absolute Gasteiger partial charge is 0.341 e. The number of hydrogen-bond acceptors (Lipinski definition) is 0. The molecule has 0 aliphatic carbocycles. The third-order valence-corrected chi connectivity index (χ3v) is 15.3. The van der Waals surface area contributed by atoms with Crippen molar-refractivity contribution in [3.63, 3.8) is 0 Å². The van der Waals surface area contributed by atoms with Gasteiger partial charge in [0.15, 0.2) is 5.69 Å². The highest BCUT2D eigenvalue weighted by Crippen LogP contribution is 2.47. The number of hydrogen-bond donors (Lipinski definition) is 3. The first-order valence-electron chi connectivity index (χ1n) is 16.8. The third kappa shape index (κ3) is 29.8. The number of thiol groups is 1. The molecule has 0 saturated heterocycles. The zero-order chi connectivity index (χ0) is 27.3. The molecule has 0 unspecified atom stereocenters. The lowest BCUT2D eigenvalue weighted by atomic mass is 10.0. The van der Waals surface area contributed by atoms with Crippen LogP contribution in [0.4, 0.5) is 0 Å². The second kappa shape index (κ2) is 30.0. The Morgan fingerprint density at radius 2 is 0.568 bits per heavy atom. The van der Waals surface area contributed by atoms with Crippen LogP contribution in [0.5, 0.6) is 0 Å². The molecule has 0 heterocycles. The van der Waals surface area contributed by atoms with Crippen LogP contribution in [0.15, 0.2) is 0 Å². The predicted molar refractivity (Wildman–Crippen MR) is 178 cm³/mol. The molecule has 226 valence electrons. The fourth-order valence-electron chi connectivity index (χ4n) is 5.27. The molecule has 0 bridgehead atoms. The van der Waals surface area contributed by atoms with Gasteiger partial charge < -0.3 is 9.79 Å². The van der Waals surface area contributed by atoms with Gasteiger partial charge in [-0.1, -0.05) is 193 Å². The van der Waals surface area contributed by atoms with E-state index in [-0.39, 0.29) is 10.1 Å². The summed E-state index contributed by atoms with van der Waals surface area (Å²) in [6, 6.07) is 0. The van der Waals surface area contributed by atoms with Gasteiger partial charge in [0.25, 0.3) is 0 Å². The van der Waals surface area contributed by atoms with Crippen molar-refractivity contribution in [1.29, 1.82) is 0 Å². The van der Waals surface area contributed by atoms with Gasteiger partial charge in [-0.15, -0.1) is 10.1 Å². The van der Waals surface area contributed by atoms with E-state index in [0.29, 0.717) is 0 Å². The quantitative estimate of drug-likeness (QED) is 0.0449. The standard InChI is InChI=1S/C32H69O2PS2/c1-3-5-7-9-11-13-15-17-19-21-23-25-27-29-31-37(35(33,34)36)32-30-28-26-24-22-20-18-16-14-12-10-8-6-4-2/h33-34,36H,3-32H2,1-2H3. The van der Waals surface area contributed by atoms with Crippen molar-refractivity contribution in [3.05, 3.63) is 0 Å². The van der Waals surface area contributed by atoms with E-state index in [9.17, 15) is 9.79 Å². The van der Waals surface area contributed by atoms with Crippen molar-refractivity contribution in [2.45, 2.75) is 194 Å². The topological polar surface area (TPSA) is 40.5 Å². The highest BCUT2D eigenvalue weighted by atomic mass is 32.9. The fraction of sp³-hybridized carbons (Fsp3) is 1.00. The third-order valence-electron chi connectivity index (χ3n) is 7.81. The Labute approximate surface area is 242 Å². The van der Waals surface area contributed by atoms with Crippen molar-refractivity contribution in [2.24, 2.45) is 0 Å². The van der Waals surface area contributed by atoms with Crippen LogP contribution < -0.4 is 0 Å². The van der Waals surface area contributed by atoms with Crippen LogP contribution >= 0.6 is 17.9 Å². The maximum atomic E-state index is 10.2. The maximum absolute atomic E-state index is 10.2. The molecule has 0 radical (unpaired) electrons. The van der Waals surface area contributed by atoms with Crippen molar-refractivity contribution in [2.75, 3.05) is 11.5 Å². The lowest BCUT2D eigenvalue weighted by Gasteiger charge is -2.16. The first-order valence-corrected chi connectivity index (χ1v) is 21.8. The van der Waals surface area contributed by atoms with Gasteiger partial charge in [0, 0.05) is 0 Å². The van der Waals surface area contributed by atoms with Crippen molar-refractivity contribution >= 4 is 28.0 Å². The van der Waals surface area contributed by atoms with E-state index in [1.54, 1.807) is 0 Å². The zero-order valence-corrected chi connectivity index (χ0v) is 28.0. The fourth-order valence-corrected chi connectivity index (χ4v) is 10.8. The summed E-state index contributed by atoms with van der Waals surface area (Å²) in [4.78, 5) is 20.5. The lowest BCUT2D eigenvalue weighted by Crippen LogP contribution is -2.04. The van der Waals surface area contributed by atoms with E-state index in [0.717, 1.165) is 24.3 Å². The van der Waals surface area contributed by atoms with Gasteiger partial charge in [0.1, 0.15) is 0 Å². The first-order chi connectivity index (χ1) is 18.0. The average molecular weight is 581 g/mol. The summed E-state index contributed by atoms with van der Waals surface area (Å²) in [5, 5.41) is 0. The van der Waals surface area contributed by atoms with Gasteiger partial charge in [-0.3, -0.25) is 0 Å². The Hall–Kier alpha value is 1.05. The van der Waals surface area contributed by atoms with Crippen LogP contribution in [-0.2, 0) is 10.1 Å². The molecular formula is C32H69O2PS2. The molecule has 0 aliphatic rings.